The van der Waals surface area contributed by atoms with Crippen molar-refractivity contribution < 1.29 is 9.53 Å². The lowest BCUT2D eigenvalue weighted by Gasteiger charge is -2.23. The first-order chi connectivity index (χ1) is 14.6. The van der Waals surface area contributed by atoms with Crippen LogP contribution < -0.4 is 10.1 Å². The van der Waals surface area contributed by atoms with Crippen LogP contribution in [0, 0.1) is 0 Å². The molecule has 0 unspecified atom stereocenters. The quantitative estimate of drug-likeness (QED) is 0.537. The summed E-state index contributed by atoms with van der Waals surface area (Å²) in [6.45, 7) is 5.70. The number of nitrogens with one attached hydrogen (secondary N) is 1. The van der Waals surface area contributed by atoms with Crippen LogP contribution in [0.1, 0.15) is 36.5 Å². The second kappa shape index (κ2) is 10.7. The standard InChI is InChI=1S/C24H32N4O2/c1-4-25-24(27(2)18-21-11-5-6-12-22(21)30-3)26-16-19-9-7-10-20(15-19)17-28-14-8-13-23(28)29/h5-7,9-12,15H,4,8,13-14,16-18H2,1-3H3,(H,25,26). The molecule has 160 valence electrons. The van der Waals surface area contributed by atoms with E-state index >= 15 is 0 Å². The third-order valence-corrected chi connectivity index (χ3v) is 5.24. The number of amides is 1. The van der Waals surface area contributed by atoms with Gasteiger partial charge in [0.15, 0.2) is 5.96 Å². The van der Waals surface area contributed by atoms with Crippen molar-refractivity contribution in [1.82, 2.24) is 15.1 Å². The van der Waals surface area contributed by atoms with Crippen LogP contribution in [0.4, 0.5) is 0 Å². The third-order valence-electron chi connectivity index (χ3n) is 5.24. The minimum atomic E-state index is 0.255. The molecule has 1 fully saturated rings. The Labute approximate surface area is 179 Å². The Hall–Kier alpha value is -3.02. The monoisotopic (exact) mass is 408 g/mol. The lowest BCUT2D eigenvalue weighted by Crippen LogP contribution is -2.38. The molecule has 6 heteroatoms. The van der Waals surface area contributed by atoms with Gasteiger partial charge in [-0.05, 0) is 30.5 Å². The molecule has 1 aliphatic rings. The van der Waals surface area contributed by atoms with Gasteiger partial charge in [0, 0.05) is 45.2 Å². The van der Waals surface area contributed by atoms with Gasteiger partial charge in [0.2, 0.25) is 5.91 Å². The second-order valence-electron chi connectivity index (χ2n) is 7.58. The molecule has 6 nitrogen and oxygen atoms in total. The number of ether oxygens (including phenoxy) is 1. The summed E-state index contributed by atoms with van der Waals surface area (Å²) in [5.41, 5.74) is 3.41. The summed E-state index contributed by atoms with van der Waals surface area (Å²) >= 11 is 0. The summed E-state index contributed by atoms with van der Waals surface area (Å²) in [7, 11) is 3.73. The van der Waals surface area contributed by atoms with Crippen LogP contribution in [0.3, 0.4) is 0 Å². The van der Waals surface area contributed by atoms with E-state index in [9.17, 15) is 4.79 Å². The summed E-state index contributed by atoms with van der Waals surface area (Å²) in [6.07, 6.45) is 1.64. The van der Waals surface area contributed by atoms with E-state index in [0.717, 1.165) is 47.9 Å². The molecule has 1 heterocycles. The molecule has 0 saturated carbocycles. The Balaban J connectivity index is 1.68. The topological polar surface area (TPSA) is 57.2 Å². The number of nitrogens with zero attached hydrogens (tertiary/aromatic N) is 3. The fourth-order valence-electron chi connectivity index (χ4n) is 3.72. The highest BCUT2D eigenvalue weighted by molar-refractivity contribution is 5.80. The number of hydrogen-bond donors (Lipinski definition) is 1. The van der Waals surface area contributed by atoms with Gasteiger partial charge in [-0.2, -0.15) is 0 Å². The second-order valence-corrected chi connectivity index (χ2v) is 7.58. The number of hydrogen-bond acceptors (Lipinski definition) is 3. The van der Waals surface area contributed by atoms with Crippen LogP contribution in [0.15, 0.2) is 53.5 Å². The molecule has 0 spiro atoms. The zero-order chi connectivity index (χ0) is 21.3. The Kier molecular flexibility index (Phi) is 7.71. The predicted octanol–water partition coefficient (Wildman–Crippen LogP) is 3.42. The van der Waals surface area contributed by atoms with E-state index in [1.54, 1.807) is 7.11 Å². The molecule has 0 radical (unpaired) electrons. The molecule has 1 amide bonds. The van der Waals surface area contributed by atoms with E-state index in [1.165, 1.54) is 0 Å². The Bertz CT molecular complexity index is 881. The number of benzene rings is 2. The average Bonchev–Trinajstić information content (AvgIpc) is 3.16. The van der Waals surface area contributed by atoms with Gasteiger partial charge in [0.05, 0.1) is 13.7 Å². The molecule has 1 aliphatic heterocycles. The molecule has 30 heavy (non-hydrogen) atoms. The molecular weight excluding hydrogens is 376 g/mol. The molecular formula is C24H32N4O2. The average molecular weight is 409 g/mol. The van der Waals surface area contributed by atoms with Gasteiger partial charge in [0.25, 0.3) is 0 Å². The minimum absolute atomic E-state index is 0.255. The SMILES string of the molecule is CCNC(=NCc1cccc(CN2CCCC2=O)c1)N(C)Cc1ccccc1OC. The normalized spacial score (nSPS) is 14.2. The van der Waals surface area contributed by atoms with Crippen LogP contribution in [0.2, 0.25) is 0 Å². The largest absolute Gasteiger partial charge is 0.496 e. The Morgan fingerprint density at radius 3 is 2.73 bits per heavy atom. The van der Waals surface area contributed by atoms with Crippen molar-refractivity contribution >= 4 is 11.9 Å². The molecule has 1 saturated heterocycles. The molecule has 0 bridgehead atoms. The van der Waals surface area contributed by atoms with Crippen molar-refractivity contribution in [3.05, 3.63) is 65.2 Å². The van der Waals surface area contributed by atoms with Crippen molar-refractivity contribution in [3.63, 3.8) is 0 Å². The maximum atomic E-state index is 11.9. The van der Waals surface area contributed by atoms with Crippen LogP contribution >= 0.6 is 0 Å². The third kappa shape index (κ3) is 5.75. The van der Waals surface area contributed by atoms with Crippen LogP contribution in [-0.2, 0) is 24.4 Å². The highest BCUT2D eigenvalue weighted by Crippen LogP contribution is 2.19. The number of aliphatic imine (C=N–C) groups is 1. The zero-order valence-corrected chi connectivity index (χ0v) is 18.2. The van der Waals surface area contributed by atoms with Crippen molar-refractivity contribution in [2.45, 2.75) is 39.4 Å². The number of rotatable bonds is 8. The van der Waals surface area contributed by atoms with Gasteiger partial charge in [-0.3, -0.25) is 4.79 Å². The predicted molar refractivity (Wildman–Crippen MR) is 120 cm³/mol. The zero-order valence-electron chi connectivity index (χ0n) is 18.2. The number of para-hydroxylation sites is 1. The van der Waals surface area contributed by atoms with E-state index < -0.39 is 0 Å². The maximum Gasteiger partial charge on any atom is 0.222 e. The fraction of sp³-hybridized carbons (Fsp3) is 0.417. The van der Waals surface area contributed by atoms with Crippen LogP contribution in [-0.4, -0.2) is 48.9 Å². The lowest BCUT2D eigenvalue weighted by atomic mass is 10.1. The van der Waals surface area contributed by atoms with E-state index in [2.05, 4.69) is 41.4 Å². The molecule has 0 aliphatic carbocycles. The van der Waals surface area contributed by atoms with Gasteiger partial charge in [-0.25, -0.2) is 4.99 Å². The van der Waals surface area contributed by atoms with Gasteiger partial charge >= 0.3 is 0 Å². The summed E-state index contributed by atoms with van der Waals surface area (Å²) < 4.78 is 5.48. The van der Waals surface area contributed by atoms with Gasteiger partial charge in [-0.1, -0.05) is 42.5 Å². The van der Waals surface area contributed by atoms with Gasteiger partial charge in [-0.15, -0.1) is 0 Å². The van der Waals surface area contributed by atoms with E-state index in [1.807, 2.05) is 36.2 Å². The molecule has 1 N–H and O–H groups in total. The number of carbonyl (C=O) groups excluding carboxylic acids is 1. The first-order valence-electron chi connectivity index (χ1n) is 10.6. The Morgan fingerprint density at radius 1 is 1.20 bits per heavy atom. The first-order valence-corrected chi connectivity index (χ1v) is 10.6. The smallest absolute Gasteiger partial charge is 0.222 e. The molecule has 0 atom stereocenters. The fourth-order valence-corrected chi connectivity index (χ4v) is 3.72. The number of likely N-dealkylation sites (tertiary alicyclic amines) is 1. The van der Waals surface area contributed by atoms with E-state index in [-0.39, 0.29) is 5.91 Å². The van der Waals surface area contributed by atoms with Crippen LogP contribution in [0.5, 0.6) is 5.75 Å². The molecule has 2 aromatic carbocycles. The van der Waals surface area contributed by atoms with Gasteiger partial charge in [0.1, 0.15) is 5.75 Å². The summed E-state index contributed by atoms with van der Waals surface area (Å²) in [6, 6.07) is 16.4. The molecule has 0 aromatic heterocycles. The van der Waals surface area contributed by atoms with Gasteiger partial charge < -0.3 is 19.9 Å². The molecule has 3 rings (SSSR count). The van der Waals surface area contributed by atoms with Crippen molar-refractivity contribution in [2.75, 3.05) is 27.2 Å². The summed E-state index contributed by atoms with van der Waals surface area (Å²) in [4.78, 5) is 20.8. The minimum Gasteiger partial charge on any atom is -0.496 e. The number of guanidine groups is 1. The highest BCUT2D eigenvalue weighted by atomic mass is 16.5. The lowest BCUT2D eigenvalue weighted by molar-refractivity contribution is -0.128. The maximum absolute atomic E-state index is 11.9. The van der Waals surface area contributed by atoms with Crippen molar-refractivity contribution in [2.24, 2.45) is 4.99 Å². The number of carbonyl (C=O) groups is 1. The van der Waals surface area contributed by atoms with Crippen molar-refractivity contribution in [3.8, 4) is 5.75 Å². The molecule has 2 aromatic rings. The Morgan fingerprint density at radius 2 is 2.00 bits per heavy atom. The van der Waals surface area contributed by atoms with E-state index in [0.29, 0.717) is 26.1 Å². The summed E-state index contributed by atoms with van der Waals surface area (Å²) in [5, 5.41) is 3.37. The van der Waals surface area contributed by atoms with E-state index in [4.69, 9.17) is 9.73 Å². The number of methoxy groups -OCH3 is 1. The van der Waals surface area contributed by atoms with Crippen molar-refractivity contribution in [1.29, 1.82) is 0 Å². The first kappa shape index (κ1) is 21.7. The highest BCUT2D eigenvalue weighted by Gasteiger charge is 2.20. The van der Waals surface area contributed by atoms with Crippen LogP contribution in [0.25, 0.3) is 0 Å². The summed E-state index contributed by atoms with van der Waals surface area (Å²) in [5.74, 6) is 1.98.